The van der Waals surface area contributed by atoms with Crippen molar-refractivity contribution in [3.8, 4) is 0 Å². The molecule has 130 valence electrons. The van der Waals surface area contributed by atoms with E-state index < -0.39 is 0 Å². The molecule has 2 aliphatic heterocycles. The third-order valence-electron chi connectivity index (χ3n) is 5.29. The van der Waals surface area contributed by atoms with Crippen molar-refractivity contribution < 1.29 is 0 Å². The summed E-state index contributed by atoms with van der Waals surface area (Å²) in [5.74, 6) is 0. The van der Waals surface area contributed by atoms with Gasteiger partial charge in [-0.15, -0.1) is 0 Å². The van der Waals surface area contributed by atoms with Gasteiger partial charge in [0, 0.05) is 12.4 Å². The van der Waals surface area contributed by atoms with Gasteiger partial charge in [-0.1, -0.05) is 18.2 Å². The van der Waals surface area contributed by atoms with Crippen molar-refractivity contribution in [2.24, 2.45) is 0 Å². The fraction of sp³-hybridized carbons (Fsp3) is 0.333. The average Bonchev–Trinajstić information content (AvgIpc) is 3.11. The van der Waals surface area contributed by atoms with Crippen molar-refractivity contribution >= 4 is 22.7 Å². The second kappa shape index (κ2) is 5.73. The van der Waals surface area contributed by atoms with Gasteiger partial charge in [-0.3, -0.25) is 0 Å². The number of para-hydroxylation sites is 2. The third kappa shape index (κ3) is 2.36. The summed E-state index contributed by atoms with van der Waals surface area (Å²) in [6, 6.07) is 10.9. The highest BCUT2D eigenvalue weighted by Gasteiger charge is 2.31. The standard InChI is InChI=1S/C21H26N4/c1-13-12-14(2)21(15(3)20(13)24-11-10-22-16(24)4)25-17(5)23-18-8-6-7-9-19(18)25/h6-12,16-17,22-23H,1-5H3/t16-,17?/m1/s1. The highest BCUT2D eigenvalue weighted by atomic mass is 15.3. The van der Waals surface area contributed by atoms with E-state index in [9.17, 15) is 0 Å². The first kappa shape index (κ1) is 15.9. The molecular weight excluding hydrogens is 308 g/mol. The van der Waals surface area contributed by atoms with Gasteiger partial charge in [-0.05, 0) is 63.4 Å². The monoisotopic (exact) mass is 334 g/mol. The van der Waals surface area contributed by atoms with E-state index in [1.54, 1.807) is 0 Å². The minimum absolute atomic E-state index is 0.232. The van der Waals surface area contributed by atoms with Crippen LogP contribution in [0.5, 0.6) is 0 Å². The number of hydrogen-bond donors (Lipinski definition) is 2. The summed E-state index contributed by atoms with van der Waals surface area (Å²) in [5, 5.41) is 6.97. The predicted octanol–water partition coefficient (Wildman–Crippen LogP) is 4.75. The van der Waals surface area contributed by atoms with Gasteiger partial charge >= 0.3 is 0 Å². The Morgan fingerprint density at radius 2 is 1.64 bits per heavy atom. The summed E-state index contributed by atoms with van der Waals surface area (Å²) in [4.78, 5) is 4.76. The van der Waals surface area contributed by atoms with Gasteiger partial charge in [-0.25, -0.2) is 0 Å². The molecule has 1 unspecified atom stereocenters. The Labute approximate surface area is 150 Å². The molecule has 0 aromatic heterocycles. The van der Waals surface area contributed by atoms with Gasteiger partial charge in [0.1, 0.15) is 6.17 Å². The molecule has 2 aromatic carbocycles. The number of fused-ring (bicyclic) bond motifs is 1. The molecule has 0 saturated heterocycles. The maximum absolute atomic E-state index is 3.60. The Morgan fingerprint density at radius 3 is 2.36 bits per heavy atom. The van der Waals surface area contributed by atoms with Crippen LogP contribution in [-0.2, 0) is 0 Å². The molecule has 2 atom stereocenters. The summed E-state index contributed by atoms with van der Waals surface area (Å²) in [6.45, 7) is 11.1. The van der Waals surface area contributed by atoms with Crippen molar-refractivity contribution in [1.82, 2.24) is 5.32 Å². The predicted molar refractivity (Wildman–Crippen MR) is 107 cm³/mol. The van der Waals surface area contributed by atoms with Gasteiger partial charge in [0.05, 0.1) is 28.9 Å². The largest absolute Gasteiger partial charge is 0.370 e. The Morgan fingerprint density at radius 1 is 0.920 bits per heavy atom. The average molecular weight is 334 g/mol. The lowest BCUT2D eigenvalue weighted by atomic mass is 9.99. The second-order valence-electron chi connectivity index (χ2n) is 7.11. The lowest BCUT2D eigenvalue weighted by Crippen LogP contribution is -2.34. The van der Waals surface area contributed by atoms with Crippen LogP contribution in [0.1, 0.15) is 30.5 Å². The second-order valence-corrected chi connectivity index (χ2v) is 7.11. The summed E-state index contributed by atoms with van der Waals surface area (Å²) in [7, 11) is 0. The minimum atomic E-state index is 0.232. The first-order chi connectivity index (χ1) is 12.0. The van der Waals surface area contributed by atoms with Crippen LogP contribution in [-0.4, -0.2) is 12.3 Å². The molecule has 0 bridgehead atoms. The molecule has 0 spiro atoms. The highest BCUT2D eigenvalue weighted by Crippen LogP contribution is 2.45. The van der Waals surface area contributed by atoms with Crippen LogP contribution in [0.15, 0.2) is 42.7 Å². The molecule has 0 amide bonds. The van der Waals surface area contributed by atoms with Gasteiger partial charge in [0.15, 0.2) is 0 Å². The summed E-state index contributed by atoms with van der Waals surface area (Å²) >= 11 is 0. The molecule has 4 rings (SSSR count). The van der Waals surface area contributed by atoms with Crippen molar-refractivity contribution in [2.45, 2.75) is 47.0 Å². The van der Waals surface area contributed by atoms with Gasteiger partial charge < -0.3 is 20.4 Å². The molecule has 2 aliphatic rings. The topological polar surface area (TPSA) is 30.5 Å². The molecular formula is C21H26N4. The van der Waals surface area contributed by atoms with E-state index >= 15 is 0 Å². The molecule has 0 aliphatic carbocycles. The maximum atomic E-state index is 3.60. The van der Waals surface area contributed by atoms with E-state index in [2.05, 4.69) is 91.6 Å². The number of anilines is 4. The molecule has 0 fully saturated rings. The number of benzene rings is 2. The van der Waals surface area contributed by atoms with Crippen molar-refractivity contribution in [1.29, 1.82) is 0 Å². The molecule has 2 N–H and O–H groups in total. The molecule has 2 aromatic rings. The van der Waals surface area contributed by atoms with E-state index in [0.29, 0.717) is 0 Å². The Kier molecular flexibility index (Phi) is 3.64. The van der Waals surface area contributed by atoms with E-state index in [-0.39, 0.29) is 12.3 Å². The first-order valence-corrected chi connectivity index (χ1v) is 8.95. The van der Waals surface area contributed by atoms with E-state index in [1.807, 2.05) is 6.20 Å². The smallest absolute Gasteiger partial charge is 0.101 e. The Hall–Kier alpha value is -2.62. The van der Waals surface area contributed by atoms with Crippen molar-refractivity contribution in [3.63, 3.8) is 0 Å². The fourth-order valence-corrected chi connectivity index (χ4v) is 4.29. The fourth-order valence-electron chi connectivity index (χ4n) is 4.29. The van der Waals surface area contributed by atoms with E-state index in [1.165, 1.54) is 39.4 Å². The Bertz CT molecular complexity index is 855. The van der Waals surface area contributed by atoms with Gasteiger partial charge in [0.2, 0.25) is 0 Å². The summed E-state index contributed by atoms with van der Waals surface area (Å²) in [5.41, 5.74) is 9.00. The number of aryl methyl sites for hydroxylation is 2. The van der Waals surface area contributed by atoms with Crippen LogP contribution in [0.25, 0.3) is 0 Å². The molecule has 4 nitrogen and oxygen atoms in total. The molecule has 4 heteroatoms. The zero-order valence-electron chi connectivity index (χ0n) is 15.6. The summed E-state index contributed by atoms with van der Waals surface area (Å²) < 4.78 is 0. The molecule has 25 heavy (non-hydrogen) atoms. The third-order valence-corrected chi connectivity index (χ3v) is 5.29. The van der Waals surface area contributed by atoms with Crippen LogP contribution < -0.4 is 20.4 Å². The van der Waals surface area contributed by atoms with Crippen molar-refractivity contribution in [3.05, 3.63) is 59.4 Å². The quantitative estimate of drug-likeness (QED) is 0.830. The number of hydrogen-bond acceptors (Lipinski definition) is 4. The number of nitrogens with one attached hydrogen (secondary N) is 2. The van der Waals surface area contributed by atoms with Crippen molar-refractivity contribution in [2.75, 3.05) is 15.1 Å². The number of nitrogens with zero attached hydrogens (tertiary/aromatic N) is 2. The van der Waals surface area contributed by atoms with Crippen LogP contribution in [0.2, 0.25) is 0 Å². The van der Waals surface area contributed by atoms with Crippen LogP contribution in [0.3, 0.4) is 0 Å². The van der Waals surface area contributed by atoms with Gasteiger partial charge in [0.25, 0.3) is 0 Å². The highest BCUT2D eigenvalue weighted by molar-refractivity contribution is 5.87. The molecule has 0 saturated carbocycles. The van der Waals surface area contributed by atoms with E-state index in [4.69, 9.17) is 0 Å². The summed E-state index contributed by atoms with van der Waals surface area (Å²) in [6.07, 6.45) is 4.67. The zero-order valence-corrected chi connectivity index (χ0v) is 15.6. The lowest BCUT2D eigenvalue weighted by Gasteiger charge is -2.33. The van der Waals surface area contributed by atoms with E-state index in [0.717, 1.165) is 0 Å². The van der Waals surface area contributed by atoms with Crippen LogP contribution in [0, 0.1) is 20.8 Å². The van der Waals surface area contributed by atoms with Gasteiger partial charge in [-0.2, -0.15) is 0 Å². The lowest BCUT2D eigenvalue weighted by molar-refractivity contribution is 0.681. The Balaban J connectivity index is 1.90. The number of rotatable bonds is 2. The van der Waals surface area contributed by atoms with Crippen LogP contribution >= 0.6 is 0 Å². The minimum Gasteiger partial charge on any atom is -0.370 e. The SMILES string of the molecule is Cc1cc(C)c(N2C=CN[C@H]2C)c(C)c1N1c2ccccc2NC1C. The zero-order chi connectivity index (χ0) is 17.7. The van der Waals surface area contributed by atoms with Crippen LogP contribution in [0.4, 0.5) is 22.7 Å². The maximum Gasteiger partial charge on any atom is 0.101 e. The first-order valence-electron chi connectivity index (χ1n) is 8.95. The molecule has 2 heterocycles. The molecule has 0 radical (unpaired) electrons. The normalized spacial score (nSPS) is 21.3.